The summed E-state index contributed by atoms with van der Waals surface area (Å²) in [5.41, 5.74) is 1.60. The van der Waals surface area contributed by atoms with Crippen LogP contribution < -0.4 is 0 Å². The molecule has 0 saturated carbocycles. The molecule has 0 spiro atoms. The number of benzene rings is 1. The third-order valence-electron chi connectivity index (χ3n) is 2.76. The average Bonchev–Trinajstić information content (AvgIpc) is 2.46. The first-order chi connectivity index (χ1) is 10.1. The van der Waals surface area contributed by atoms with Gasteiger partial charge >= 0.3 is 14.8 Å². The summed E-state index contributed by atoms with van der Waals surface area (Å²) in [4.78, 5) is 12.0. The molecule has 0 heterocycles. The molecule has 5 nitrogen and oxygen atoms in total. The van der Waals surface area contributed by atoms with Crippen LogP contribution in [0.1, 0.15) is 36.7 Å². The molecule has 0 fully saturated rings. The van der Waals surface area contributed by atoms with Crippen LogP contribution in [0.15, 0.2) is 24.3 Å². The van der Waals surface area contributed by atoms with E-state index < -0.39 is 14.8 Å². The Morgan fingerprint density at radius 2 is 1.43 bits per heavy atom. The Labute approximate surface area is 127 Å². The molecule has 6 heteroatoms. The first-order valence-electron chi connectivity index (χ1n) is 7.22. The van der Waals surface area contributed by atoms with Crippen LogP contribution in [0, 0.1) is 6.92 Å². The molecule has 0 saturated heterocycles. The number of carbonyl (C=O) groups excluding carboxylic acids is 1. The van der Waals surface area contributed by atoms with Gasteiger partial charge in [0.25, 0.3) is 0 Å². The van der Waals surface area contributed by atoms with E-state index in [0.717, 1.165) is 5.56 Å². The molecule has 0 amide bonds. The van der Waals surface area contributed by atoms with E-state index in [9.17, 15) is 4.79 Å². The van der Waals surface area contributed by atoms with Gasteiger partial charge in [0, 0.05) is 19.8 Å². The maximum atomic E-state index is 12.0. The maximum absolute atomic E-state index is 12.0. The fourth-order valence-corrected chi connectivity index (χ4v) is 3.96. The molecule has 0 aliphatic rings. The molecule has 0 aliphatic heterocycles. The second-order valence-corrected chi connectivity index (χ2v) is 6.94. The Morgan fingerprint density at radius 1 is 0.952 bits per heavy atom. The van der Waals surface area contributed by atoms with Crippen molar-refractivity contribution in [1.29, 1.82) is 0 Å². The summed E-state index contributed by atoms with van der Waals surface area (Å²) in [5.74, 6) is -0.397. The molecule has 21 heavy (non-hydrogen) atoms. The first kappa shape index (κ1) is 17.8. The molecule has 0 aliphatic carbocycles. The van der Waals surface area contributed by atoms with Gasteiger partial charge in [-0.1, -0.05) is 17.7 Å². The van der Waals surface area contributed by atoms with Gasteiger partial charge in [-0.05, 0) is 39.8 Å². The summed E-state index contributed by atoms with van der Waals surface area (Å²) in [7, 11) is -2.95. The second-order valence-electron chi connectivity index (χ2n) is 4.42. The molecular weight excluding hydrogens is 288 g/mol. The minimum atomic E-state index is -2.95. The van der Waals surface area contributed by atoms with Crippen molar-refractivity contribution in [2.24, 2.45) is 0 Å². The van der Waals surface area contributed by atoms with Crippen molar-refractivity contribution in [2.45, 2.75) is 27.7 Å². The predicted octanol–water partition coefficient (Wildman–Crippen LogP) is 2.74. The Kier molecular flexibility index (Phi) is 7.59. The van der Waals surface area contributed by atoms with Gasteiger partial charge in [0.05, 0.1) is 5.56 Å². The minimum Gasteiger partial charge on any atom is -0.457 e. The van der Waals surface area contributed by atoms with Crippen LogP contribution in [0.2, 0.25) is 0 Å². The highest BCUT2D eigenvalue weighted by atomic mass is 28.4. The zero-order valence-corrected chi connectivity index (χ0v) is 14.2. The topological polar surface area (TPSA) is 54.0 Å². The van der Waals surface area contributed by atoms with E-state index in [0.29, 0.717) is 25.4 Å². The fourth-order valence-electron chi connectivity index (χ4n) is 1.84. The van der Waals surface area contributed by atoms with Crippen molar-refractivity contribution in [1.82, 2.24) is 0 Å². The van der Waals surface area contributed by atoms with Gasteiger partial charge in [0.2, 0.25) is 0 Å². The zero-order chi connectivity index (χ0) is 15.7. The molecular formula is C15H24O5Si. The highest BCUT2D eigenvalue weighted by Crippen LogP contribution is 2.13. The first-order valence-corrected chi connectivity index (χ1v) is 9.15. The van der Waals surface area contributed by atoms with Gasteiger partial charge < -0.3 is 18.0 Å². The standard InChI is InChI=1S/C15H24O5Si/c1-5-18-21(19-6-2,20-7-3)12-17-15(16)14-10-8-13(4)9-11-14/h8-11H,5-7,12H2,1-4H3. The number of rotatable bonds is 9. The summed E-state index contributed by atoms with van der Waals surface area (Å²) in [6.45, 7) is 8.91. The SMILES string of the molecule is CCO[Si](COC(=O)c1ccc(C)cc1)(OCC)OCC. The Hall–Kier alpha value is -1.21. The van der Waals surface area contributed by atoms with Crippen LogP contribution in [0.3, 0.4) is 0 Å². The molecule has 0 bridgehead atoms. The maximum Gasteiger partial charge on any atom is 0.540 e. The van der Waals surface area contributed by atoms with Gasteiger partial charge in [0.15, 0.2) is 6.23 Å². The number of carbonyl (C=O) groups is 1. The summed E-state index contributed by atoms with van der Waals surface area (Å²) in [6.07, 6.45) is 0.0230. The van der Waals surface area contributed by atoms with Gasteiger partial charge in [-0.15, -0.1) is 0 Å². The Morgan fingerprint density at radius 3 is 1.86 bits per heavy atom. The number of aryl methyl sites for hydroxylation is 1. The van der Waals surface area contributed by atoms with Gasteiger partial charge in [-0.3, -0.25) is 0 Å². The molecule has 0 unspecified atom stereocenters. The summed E-state index contributed by atoms with van der Waals surface area (Å²) < 4.78 is 22.2. The van der Waals surface area contributed by atoms with Crippen LogP contribution in [0.25, 0.3) is 0 Å². The van der Waals surface area contributed by atoms with Crippen molar-refractivity contribution in [2.75, 3.05) is 26.1 Å². The van der Waals surface area contributed by atoms with E-state index in [4.69, 9.17) is 18.0 Å². The molecule has 0 atom stereocenters. The number of hydrogen-bond acceptors (Lipinski definition) is 5. The lowest BCUT2D eigenvalue weighted by Gasteiger charge is -2.27. The Balaban J connectivity index is 2.70. The highest BCUT2D eigenvalue weighted by molar-refractivity contribution is 6.60. The molecule has 0 N–H and O–H groups in total. The molecule has 1 rings (SSSR count). The van der Waals surface area contributed by atoms with Crippen molar-refractivity contribution in [3.05, 3.63) is 35.4 Å². The summed E-state index contributed by atoms with van der Waals surface area (Å²) in [6, 6.07) is 7.22. The quantitative estimate of drug-likeness (QED) is 0.518. The molecule has 118 valence electrons. The van der Waals surface area contributed by atoms with E-state index >= 15 is 0 Å². The monoisotopic (exact) mass is 312 g/mol. The molecule has 1 aromatic rings. The van der Waals surface area contributed by atoms with Crippen LogP contribution >= 0.6 is 0 Å². The predicted molar refractivity (Wildman–Crippen MR) is 82.1 cm³/mol. The van der Waals surface area contributed by atoms with E-state index in [1.54, 1.807) is 12.1 Å². The normalized spacial score (nSPS) is 11.4. The molecule has 0 radical (unpaired) electrons. The molecule has 1 aromatic carbocycles. The van der Waals surface area contributed by atoms with Crippen LogP contribution in [-0.4, -0.2) is 40.8 Å². The van der Waals surface area contributed by atoms with Crippen molar-refractivity contribution < 1.29 is 22.8 Å². The van der Waals surface area contributed by atoms with Crippen molar-refractivity contribution in [3.8, 4) is 0 Å². The third-order valence-corrected chi connectivity index (χ3v) is 5.44. The van der Waals surface area contributed by atoms with Crippen LogP contribution in [0.4, 0.5) is 0 Å². The third kappa shape index (κ3) is 5.59. The van der Waals surface area contributed by atoms with E-state index in [1.165, 1.54) is 0 Å². The lowest BCUT2D eigenvalue weighted by Crippen LogP contribution is -2.51. The highest BCUT2D eigenvalue weighted by Gasteiger charge is 2.42. The number of hydrogen-bond donors (Lipinski definition) is 0. The van der Waals surface area contributed by atoms with E-state index in [2.05, 4.69) is 0 Å². The lowest BCUT2D eigenvalue weighted by atomic mass is 10.2. The van der Waals surface area contributed by atoms with Crippen LogP contribution in [-0.2, 0) is 18.0 Å². The minimum absolute atomic E-state index is 0.0230. The van der Waals surface area contributed by atoms with Gasteiger partial charge in [-0.2, -0.15) is 0 Å². The van der Waals surface area contributed by atoms with E-state index in [1.807, 2.05) is 39.8 Å². The molecule has 0 aromatic heterocycles. The number of esters is 1. The zero-order valence-electron chi connectivity index (χ0n) is 13.2. The average molecular weight is 312 g/mol. The summed E-state index contributed by atoms with van der Waals surface area (Å²) in [5, 5.41) is 0. The number of ether oxygens (including phenoxy) is 1. The van der Waals surface area contributed by atoms with Crippen molar-refractivity contribution in [3.63, 3.8) is 0 Å². The second kappa shape index (κ2) is 8.94. The van der Waals surface area contributed by atoms with Crippen LogP contribution in [0.5, 0.6) is 0 Å². The Bertz CT molecular complexity index is 415. The van der Waals surface area contributed by atoms with Crippen molar-refractivity contribution >= 4 is 14.8 Å². The smallest absolute Gasteiger partial charge is 0.457 e. The largest absolute Gasteiger partial charge is 0.540 e. The van der Waals surface area contributed by atoms with Gasteiger partial charge in [0.1, 0.15) is 0 Å². The van der Waals surface area contributed by atoms with E-state index in [-0.39, 0.29) is 6.23 Å². The van der Waals surface area contributed by atoms with Gasteiger partial charge in [-0.25, -0.2) is 4.79 Å². The lowest BCUT2D eigenvalue weighted by molar-refractivity contribution is 0.0247. The summed E-state index contributed by atoms with van der Waals surface area (Å²) >= 11 is 0. The fraction of sp³-hybridized carbons (Fsp3) is 0.533.